The first-order valence-electron chi connectivity index (χ1n) is 12.1. The molecule has 0 bridgehead atoms. The van der Waals surface area contributed by atoms with E-state index in [1.807, 2.05) is 31.2 Å². The van der Waals surface area contributed by atoms with E-state index in [0.717, 1.165) is 5.56 Å². The summed E-state index contributed by atoms with van der Waals surface area (Å²) in [6.07, 6.45) is 2.99. The summed E-state index contributed by atoms with van der Waals surface area (Å²) in [7, 11) is 1.50. The van der Waals surface area contributed by atoms with Crippen molar-refractivity contribution in [3.05, 3.63) is 94.3 Å². The fraction of sp³-hybridized carbons (Fsp3) is 0.179. The van der Waals surface area contributed by atoms with E-state index in [0.29, 0.717) is 44.3 Å². The summed E-state index contributed by atoms with van der Waals surface area (Å²) < 4.78 is 11.8. The van der Waals surface area contributed by atoms with Gasteiger partial charge in [-0.15, -0.1) is 10.2 Å². The summed E-state index contributed by atoms with van der Waals surface area (Å²) in [6, 6.07) is 14.7. The molecule has 5 rings (SSSR count). The van der Waals surface area contributed by atoms with Crippen molar-refractivity contribution in [2.45, 2.75) is 23.1 Å². The number of aromatic nitrogens is 3. The number of methoxy groups -OCH3 is 1. The van der Waals surface area contributed by atoms with Crippen LogP contribution in [0.25, 0.3) is 5.76 Å². The van der Waals surface area contributed by atoms with E-state index < -0.39 is 17.7 Å². The number of anilines is 1. The molecule has 1 saturated heterocycles. The lowest BCUT2D eigenvalue weighted by Gasteiger charge is -2.23. The lowest BCUT2D eigenvalue weighted by Crippen LogP contribution is -2.29. The van der Waals surface area contributed by atoms with Crippen molar-refractivity contribution in [2.75, 3.05) is 18.6 Å². The molecule has 1 atom stereocenters. The SMILES string of the molecule is CCOc1ccc(C2C(=C(O)c3ccncc3)C(=O)C(=O)N2c2nnc(SCc3ccc(Cl)cc3)s2)cc1OC. The molecule has 2 aromatic carbocycles. The highest BCUT2D eigenvalue weighted by Gasteiger charge is 2.48. The van der Waals surface area contributed by atoms with E-state index in [1.54, 1.807) is 30.3 Å². The first-order valence-corrected chi connectivity index (χ1v) is 14.3. The lowest BCUT2D eigenvalue weighted by molar-refractivity contribution is -0.132. The van der Waals surface area contributed by atoms with Crippen LogP contribution in [-0.2, 0) is 15.3 Å². The quantitative estimate of drug-likeness (QED) is 0.0829. The minimum absolute atomic E-state index is 0.0759. The number of Topliss-reactive ketones (excluding diaryl/α,β-unsaturated/α-hetero) is 1. The van der Waals surface area contributed by atoms with Crippen LogP contribution < -0.4 is 14.4 Å². The number of benzene rings is 2. The van der Waals surface area contributed by atoms with Crippen LogP contribution >= 0.6 is 34.7 Å². The van der Waals surface area contributed by atoms with Crippen molar-refractivity contribution in [2.24, 2.45) is 0 Å². The van der Waals surface area contributed by atoms with Crippen LogP contribution in [0, 0.1) is 0 Å². The zero-order chi connectivity index (χ0) is 28.2. The molecule has 0 spiro atoms. The Morgan fingerprint density at radius 1 is 1.07 bits per heavy atom. The molecule has 40 heavy (non-hydrogen) atoms. The Kier molecular flexibility index (Phi) is 8.34. The summed E-state index contributed by atoms with van der Waals surface area (Å²) in [5, 5.41) is 20.6. The normalized spacial score (nSPS) is 16.4. The molecule has 1 fully saturated rings. The Labute approximate surface area is 243 Å². The molecule has 3 heterocycles. The monoisotopic (exact) mass is 594 g/mol. The van der Waals surface area contributed by atoms with Gasteiger partial charge in [0, 0.05) is 28.7 Å². The van der Waals surface area contributed by atoms with Gasteiger partial charge in [0.15, 0.2) is 15.8 Å². The van der Waals surface area contributed by atoms with E-state index in [2.05, 4.69) is 15.2 Å². The van der Waals surface area contributed by atoms with Gasteiger partial charge < -0.3 is 14.6 Å². The Balaban J connectivity index is 1.56. The fourth-order valence-electron chi connectivity index (χ4n) is 4.22. The second-order valence-corrected chi connectivity index (χ2v) is 11.1. The minimum atomic E-state index is -0.986. The first-order chi connectivity index (χ1) is 19.4. The number of aliphatic hydroxyl groups is 1. The molecule has 0 radical (unpaired) electrons. The summed E-state index contributed by atoms with van der Waals surface area (Å²) in [6.45, 7) is 2.28. The number of hydrogen-bond acceptors (Lipinski definition) is 10. The van der Waals surface area contributed by atoms with Crippen LogP contribution in [0.1, 0.15) is 29.7 Å². The van der Waals surface area contributed by atoms with Crippen molar-refractivity contribution in [3.8, 4) is 11.5 Å². The number of nitrogens with zero attached hydrogens (tertiary/aromatic N) is 4. The molecular weight excluding hydrogens is 572 g/mol. The van der Waals surface area contributed by atoms with Crippen molar-refractivity contribution < 1.29 is 24.2 Å². The Morgan fingerprint density at radius 3 is 2.52 bits per heavy atom. The van der Waals surface area contributed by atoms with Crippen molar-refractivity contribution in [3.63, 3.8) is 0 Å². The van der Waals surface area contributed by atoms with E-state index in [1.165, 1.54) is 47.5 Å². The molecule has 12 heteroatoms. The number of aliphatic hydroxyl groups excluding tert-OH is 1. The minimum Gasteiger partial charge on any atom is -0.507 e. The van der Waals surface area contributed by atoms with Crippen LogP contribution in [0.15, 0.2) is 76.9 Å². The van der Waals surface area contributed by atoms with Gasteiger partial charge in [-0.3, -0.25) is 19.5 Å². The summed E-state index contributed by atoms with van der Waals surface area (Å²) >= 11 is 8.61. The average molecular weight is 595 g/mol. The van der Waals surface area contributed by atoms with Crippen LogP contribution in [-0.4, -0.2) is 45.7 Å². The first kappa shape index (κ1) is 27.6. The highest BCUT2D eigenvalue weighted by atomic mass is 35.5. The van der Waals surface area contributed by atoms with Crippen molar-refractivity contribution in [1.29, 1.82) is 0 Å². The van der Waals surface area contributed by atoms with Gasteiger partial charge in [0.1, 0.15) is 5.76 Å². The zero-order valence-corrected chi connectivity index (χ0v) is 23.8. The van der Waals surface area contributed by atoms with Gasteiger partial charge in [-0.1, -0.05) is 52.9 Å². The summed E-state index contributed by atoms with van der Waals surface area (Å²) in [5.41, 5.74) is 1.85. The molecule has 4 aromatic rings. The van der Waals surface area contributed by atoms with E-state index in [9.17, 15) is 14.7 Å². The number of ether oxygens (including phenoxy) is 2. The third kappa shape index (κ3) is 5.53. The number of thioether (sulfide) groups is 1. The predicted octanol–water partition coefficient (Wildman–Crippen LogP) is 5.91. The third-order valence-electron chi connectivity index (χ3n) is 6.08. The van der Waals surface area contributed by atoms with Gasteiger partial charge >= 0.3 is 5.91 Å². The van der Waals surface area contributed by atoms with E-state index >= 15 is 0 Å². The number of pyridine rings is 1. The molecular formula is C28H23ClN4O5S2. The van der Waals surface area contributed by atoms with Gasteiger partial charge in [0.25, 0.3) is 5.78 Å². The largest absolute Gasteiger partial charge is 0.507 e. The molecule has 2 aromatic heterocycles. The Morgan fingerprint density at radius 2 is 1.82 bits per heavy atom. The Hall–Kier alpha value is -3.93. The van der Waals surface area contributed by atoms with Crippen LogP contribution in [0.5, 0.6) is 11.5 Å². The van der Waals surface area contributed by atoms with E-state index in [4.69, 9.17) is 21.1 Å². The number of carbonyl (C=O) groups excluding carboxylic acids is 2. The van der Waals surface area contributed by atoms with Crippen LogP contribution in [0.4, 0.5) is 5.13 Å². The molecule has 1 N–H and O–H groups in total. The molecule has 0 aliphatic carbocycles. The van der Waals surface area contributed by atoms with Gasteiger partial charge in [-0.05, 0) is 54.4 Å². The van der Waals surface area contributed by atoms with E-state index in [-0.39, 0.29) is 16.5 Å². The molecule has 1 amide bonds. The van der Waals surface area contributed by atoms with Crippen LogP contribution in [0.2, 0.25) is 5.02 Å². The molecule has 0 saturated carbocycles. The summed E-state index contributed by atoms with van der Waals surface area (Å²) in [5.74, 6) is -0.423. The smallest absolute Gasteiger partial charge is 0.301 e. The third-order valence-corrected chi connectivity index (χ3v) is 8.46. The highest BCUT2D eigenvalue weighted by Crippen LogP contribution is 2.45. The maximum absolute atomic E-state index is 13.5. The van der Waals surface area contributed by atoms with Gasteiger partial charge in [0.2, 0.25) is 5.13 Å². The standard InChI is InChI=1S/C28H23ClN4O5S2/c1-3-38-20-9-6-18(14-21(20)37-2)23-22(24(34)17-10-12-30-13-11-17)25(35)26(36)33(23)27-31-32-28(40-27)39-15-16-4-7-19(29)8-5-16/h4-14,23,34H,3,15H2,1-2H3. The second kappa shape index (κ2) is 12.1. The van der Waals surface area contributed by atoms with Gasteiger partial charge in [-0.2, -0.15) is 0 Å². The predicted molar refractivity (Wildman–Crippen MR) is 154 cm³/mol. The fourth-order valence-corrected chi connectivity index (χ4v) is 6.17. The Bertz CT molecular complexity index is 1580. The maximum atomic E-state index is 13.5. The van der Waals surface area contributed by atoms with Crippen molar-refractivity contribution >= 4 is 57.3 Å². The summed E-state index contributed by atoms with van der Waals surface area (Å²) in [4.78, 5) is 32.1. The molecule has 1 unspecified atom stereocenters. The number of hydrogen-bond donors (Lipinski definition) is 1. The van der Waals surface area contributed by atoms with Gasteiger partial charge in [-0.25, -0.2) is 0 Å². The molecule has 1 aliphatic heterocycles. The van der Waals surface area contributed by atoms with Crippen LogP contribution in [0.3, 0.4) is 0 Å². The zero-order valence-electron chi connectivity index (χ0n) is 21.4. The average Bonchev–Trinajstić information content (AvgIpc) is 3.55. The lowest BCUT2D eigenvalue weighted by atomic mass is 9.95. The van der Waals surface area contributed by atoms with Gasteiger partial charge in [0.05, 0.1) is 25.3 Å². The topological polar surface area (TPSA) is 115 Å². The number of halogens is 1. The molecule has 204 valence electrons. The number of amides is 1. The highest BCUT2D eigenvalue weighted by molar-refractivity contribution is 8.00. The number of ketones is 1. The molecule has 1 aliphatic rings. The second-order valence-electron chi connectivity index (χ2n) is 8.51. The number of carbonyl (C=O) groups is 2. The number of rotatable bonds is 9. The molecule has 9 nitrogen and oxygen atoms in total. The van der Waals surface area contributed by atoms with Crippen molar-refractivity contribution in [1.82, 2.24) is 15.2 Å². The maximum Gasteiger partial charge on any atom is 0.301 e.